The van der Waals surface area contributed by atoms with E-state index in [1.54, 1.807) is 0 Å². The van der Waals surface area contributed by atoms with Gasteiger partial charge in [-0.3, -0.25) is 4.72 Å². The summed E-state index contributed by atoms with van der Waals surface area (Å²) in [5, 5.41) is -0.226. The molecule has 0 unspecified atom stereocenters. The third-order valence-corrected chi connectivity index (χ3v) is 5.02. The standard InChI is InChI=1S/C13H10Cl2FNO3S/c1-20-10-6-7-11(13(15)12(10)14)21(18,19)17-9-5-3-2-4-8(9)16/h2-7,17H,1H3. The van der Waals surface area contributed by atoms with Crippen molar-refractivity contribution in [1.29, 1.82) is 0 Å². The minimum absolute atomic E-state index is 0.0319. The fourth-order valence-corrected chi connectivity index (χ4v) is 3.53. The molecule has 112 valence electrons. The van der Waals surface area contributed by atoms with E-state index >= 15 is 0 Å². The number of sulfonamides is 1. The summed E-state index contributed by atoms with van der Waals surface area (Å²) in [4.78, 5) is -0.266. The van der Waals surface area contributed by atoms with Crippen molar-refractivity contribution in [2.45, 2.75) is 4.90 Å². The van der Waals surface area contributed by atoms with Crippen molar-refractivity contribution in [2.24, 2.45) is 0 Å². The minimum atomic E-state index is -4.08. The fourth-order valence-electron chi connectivity index (χ4n) is 1.62. The van der Waals surface area contributed by atoms with Gasteiger partial charge in [0.1, 0.15) is 21.5 Å². The molecule has 0 bridgehead atoms. The number of benzene rings is 2. The average molecular weight is 350 g/mol. The lowest BCUT2D eigenvalue weighted by Crippen LogP contribution is -2.14. The molecule has 2 aromatic rings. The highest BCUT2D eigenvalue weighted by molar-refractivity contribution is 7.92. The monoisotopic (exact) mass is 349 g/mol. The average Bonchev–Trinajstić information content (AvgIpc) is 2.44. The molecule has 2 rings (SSSR count). The lowest BCUT2D eigenvalue weighted by atomic mass is 10.3. The van der Waals surface area contributed by atoms with Gasteiger partial charge in [0.15, 0.2) is 0 Å². The van der Waals surface area contributed by atoms with E-state index in [0.29, 0.717) is 0 Å². The molecule has 0 atom stereocenters. The molecule has 0 saturated heterocycles. The molecule has 0 spiro atoms. The number of methoxy groups -OCH3 is 1. The van der Waals surface area contributed by atoms with Gasteiger partial charge in [-0.15, -0.1) is 0 Å². The Morgan fingerprint density at radius 1 is 1.10 bits per heavy atom. The van der Waals surface area contributed by atoms with Crippen LogP contribution < -0.4 is 9.46 Å². The zero-order valence-electron chi connectivity index (χ0n) is 10.7. The van der Waals surface area contributed by atoms with E-state index in [1.165, 1.54) is 37.4 Å². The molecule has 0 heterocycles. The van der Waals surface area contributed by atoms with Crippen LogP contribution in [-0.2, 0) is 10.0 Å². The van der Waals surface area contributed by atoms with Crippen LogP contribution in [0.15, 0.2) is 41.3 Å². The van der Waals surface area contributed by atoms with Crippen molar-refractivity contribution in [3.8, 4) is 5.75 Å². The van der Waals surface area contributed by atoms with Gasteiger partial charge in [0, 0.05) is 0 Å². The largest absolute Gasteiger partial charge is 0.495 e. The van der Waals surface area contributed by atoms with Gasteiger partial charge >= 0.3 is 0 Å². The second-order valence-corrected chi connectivity index (χ2v) is 6.39. The maximum absolute atomic E-state index is 13.5. The molecule has 0 fully saturated rings. The molecule has 21 heavy (non-hydrogen) atoms. The summed E-state index contributed by atoms with van der Waals surface area (Å²) in [5.41, 5.74) is -0.180. The van der Waals surface area contributed by atoms with E-state index < -0.39 is 15.8 Å². The van der Waals surface area contributed by atoms with Gasteiger partial charge in [-0.1, -0.05) is 35.3 Å². The van der Waals surface area contributed by atoms with Gasteiger partial charge in [0.25, 0.3) is 10.0 Å². The van der Waals surface area contributed by atoms with Gasteiger partial charge in [-0.25, -0.2) is 12.8 Å². The molecule has 0 aliphatic heterocycles. The summed E-state index contributed by atoms with van der Waals surface area (Å²) in [6.07, 6.45) is 0. The summed E-state index contributed by atoms with van der Waals surface area (Å²) in [5.74, 6) is -0.455. The maximum atomic E-state index is 13.5. The molecular weight excluding hydrogens is 340 g/mol. The summed E-state index contributed by atoms with van der Waals surface area (Å²) < 4.78 is 45.1. The molecule has 8 heteroatoms. The zero-order chi connectivity index (χ0) is 15.6. The minimum Gasteiger partial charge on any atom is -0.495 e. The number of halogens is 3. The van der Waals surface area contributed by atoms with E-state index in [2.05, 4.69) is 4.72 Å². The maximum Gasteiger partial charge on any atom is 0.263 e. The van der Waals surface area contributed by atoms with Crippen molar-refractivity contribution >= 4 is 38.9 Å². The Labute approximate surface area is 131 Å². The molecule has 2 aromatic carbocycles. The van der Waals surface area contributed by atoms with Crippen LogP contribution in [0.25, 0.3) is 0 Å². The van der Waals surface area contributed by atoms with Crippen LogP contribution >= 0.6 is 23.2 Å². The summed E-state index contributed by atoms with van der Waals surface area (Å²) in [6, 6.07) is 7.99. The SMILES string of the molecule is COc1ccc(S(=O)(=O)Nc2ccccc2F)c(Cl)c1Cl. The lowest BCUT2D eigenvalue weighted by Gasteiger charge is -2.12. The van der Waals surface area contributed by atoms with Gasteiger partial charge in [0.05, 0.1) is 17.8 Å². The zero-order valence-corrected chi connectivity index (χ0v) is 13.1. The highest BCUT2D eigenvalue weighted by atomic mass is 35.5. The van der Waals surface area contributed by atoms with Crippen LogP contribution in [0.2, 0.25) is 10.0 Å². The fraction of sp³-hybridized carbons (Fsp3) is 0.0769. The van der Waals surface area contributed by atoms with E-state index in [9.17, 15) is 12.8 Å². The van der Waals surface area contributed by atoms with E-state index in [0.717, 1.165) is 6.07 Å². The molecule has 0 radical (unpaired) electrons. The third-order valence-electron chi connectivity index (χ3n) is 2.64. The van der Waals surface area contributed by atoms with Crippen LogP contribution in [0.5, 0.6) is 5.75 Å². The third kappa shape index (κ3) is 3.23. The predicted molar refractivity (Wildman–Crippen MR) is 80.2 cm³/mol. The molecule has 0 aromatic heterocycles. The highest BCUT2D eigenvalue weighted by Gasteiger charge is 2.22. The van der Waals surface area contributed by atoms with Gasteiger partial charge in [0.2, 0.25) is 0 Å². The molecule has 0 amide bonds. The van der Waals surface area contributed by atoms with Crippen molar-refractivity contribution in [1.82, 2.24) is 0 Å². The number of anilines is 1. The first-order valence-corrected chi connectivity index (χ1v) is 7.90. The molecule has 0 saturated carbocycles. The van der Waals surface area contributed by atoms with Crippen LogP contribution in [0.4, 0.5) is 10.1 Å². The summed E-state index contributed by atoms with van der Waals surface area (Å²) in [7, 11) is -2.70. The van der Waals surface area contributed by atoms with E-state index in [-0.39, 0.29) is 26.4 Å². The van der Waals surface area contributed by atoms with Gasteiger partial charge in [-0.05, 0) is 24.3 Å². The number of ether oxygens (including phenoxy) is 1. The topological polar surface area (TPSA) is 55.4 Å². The number of nitrogens with one attached hydrogen (secondary N) is 1. The second kappa shape index (κ2) is 6.09. The lowest BCUT2D eigenvalue weighted by molar-refractivity contribution is 0.414. The van der Waals surface area contributed by atoms with Gasteiger partial charge < -0.3 is 4.74 Å². The van der Waals surface area contributed by atoms with Crippen molar-refractivity contribution < 1.29 is 17.5 Å². The Bertz CT molecular complexity index is 781. The van der Waals surface area contributed by atoms with Crippen molar-refractivity contribution in [3.63, 3.8) is 0 Å². The smallest absolute Gasteiger partial charge is 0.263 e. The first-order chi connectivity index (χ1) is 9.86. The Kier molecular flexibility index (Phi) is 4.61. The summed E-state index contributed by atoms with van der Waals surface area (Å²) >= 11 is 11.9. The van der Waals surface area contributed by atoms with Crippen molar-refractivity contribution in [2.75, 3.05) is 11.8 Å². The Balaban J connectivity index is 2.46. The quantitative estimate of drug-likeness (QED) is 0.909. The second-order valence-electron chi connectivity index (χ2n) is 3.98. The normalized spacial score (nSPS) is 11.2. The Hall–Kier alpha value is -1.50. The number of hydrogen-bond acceptors (Lipinski definition) is 3. The Morgan fingerprint density at radius 3 is 2.38 bits per heavy atom. The molecular formula is C13H10Cl2FNO3S. The summed E-state index contributed by atoms with van der Waals surface area (Å²) in [6.45, 7) is 0. The molecule has 0 aliphatic rings. The predicted octanol–water partition coefficient (Wildman–Crippen LogP) is 3.94. The first-order valence-electron chi connectivity index (χ1n) is 5.66. The van der Waals surface area contributed by atoms with Crippen LogP contribution in [-0.4, -0.2) is 15.5 Å². The molecule has 0 aliphatic carbocycles. The number of hydrogen-bond donors (Lipinski definition) is 1. The van der Waals surface area contributed by atoms with Crippen LogP contribution in [0.1, 0.15) is 0 Å². The molecule has 4 nitrogen and oxygen atoms in total. The van der Waals surface area contributed by atoms with Crippen LogP contribution in [0, 0.1) is 5.82 Å². The highest BCUT2D eigenvalue weighted by Crippen LogP contribution is 2.37. The first kappa shape index (κ1) is 15.9. The van der Waals surface area contributed by atoms with E-state index in [4.69, 9.17) is 27.9 Å². The van der Waals surface area contributed by atoms with E-state index in [1.807, 2.05) is 0 Å². The molecule has 1 N–H and O–H groups in total. The van der Waals surface area contributed by atoms with Crippen molar-refractivity contribution in [3.05, 3.63) is 52.3 Å². The number of rotatable bonds is 4. The number of para-hydroxylation sites is 1. The van der Waals surface area contributed by atoms with Crippen LogP contribution in [0.3, 0.4) is 0 Å². The Morgan fingerprint density at radius 2 is 1.76 bits per heavy atom. The van der Waals surface area contributed by atoms with Gasteiger partial charge in [-0.2, -0.15) is 0 Å².